The van der Waals surface area contributed by atoms with Gasteiger partial charge < -0.3 is 15.3 Å². The van der Waals surface area contributed by atoms with Gasteiger partial charge in [-0.05, 0) is 35.2 Å². The molecule has 28 heavy (non-hydrogen) atoms. The van der Waals surface area contributed by atoms with Gasteiger partial charge in [0.15, 0.2) is 0 Å². The van der Waals surface area contributed by atoms with Crippen molar-refractivity contribution < 1.29 is 15.3 Å². The second-order valence-corrected chi connectivity index (χ2v) is 7.03. The summed E-state index contributed by atoms with van der Waals surface area (Å²) in [4.78, 5) is 2.09. The minimum atomic E-state index is -0.621. The molecule has 0 amide bonds. The maximum atomic E-state index is 10.7. The second-order valence-electron chi connectivity index (χ2n) is 7.03. The van der Waals surface area contributed by atoms with Crippen molar-refractivity contribution in [3.05, 3.63) is 102 Å². The van der Waals surface area contributed by atoms with Crippen LogP contribution < -0.4 is 0 Å². The van der Waals surface area contributed by atoms with E-state index in [9.17, 15) is 15.3 Å². The molecule has 0 heterocycles. The quantitative estimate of drug-likeness (QED) is 0.532. The Hall–Kier alpha value is -2.66. The van der Waals surface area contributed by atoms with E-state index in [1.165, 1.54) is 0 Å². The first-order chi connectivity index (χ1) is 13.6. The number of benzene rings is 3. The van der Waals surface area contributed by atoms with Crippen molar-refractivity contribution in [2.24, 2.45) is 0 Å². The number of hydrogen-bond acceptors (Lipinski definition) is 4. The summed E-state index contributed by atoms with van der Waals surface area (Å²) in [6.45, 7) is 1.57. The SMILES string of the molecule is Oc1ccc(CCN(CC(O)c2ccccc2)C[C@H](O)c2ccccc2)cc1. The van der Waals surface area contributed by atoms with E-state index in [1.54, 1.807) is 12.1 Å². The van der Waals surface area contributed by atoms with Crippen LogP contribution in [0, 0.1) is 0 Å². The Kier molecular flexibility index (Phi) is 7.20. The molecule has 0 aliphatic rings. The summed E-state index contributed by atoms with van der Waals surface area (Å²) in [6.07, 6.45) is -0.475. The standard InChI is InChI=1S/C24H27NO3/c26-22-13-11-19(12-14-22)15-16-25(17-23(27)20-7-3-1-4-8-20)18-24(28)21-9-5-2-6-10-21/h1-14,23-24,26-28H,15-18H2/t23-,24?/m0/s1. The third-order valence-corrected chi connectivity index (χ3v) is 4.88. The first kappa shape index (κ1) is 20.1. The van der Waals surface area contributed by atoms with Gasteiger partial charge in [-0.1, -0.05) is 72.8 Å². The molecule has 3 aromatic carbocycles. The third kappa shape index (κ3) is 5.92. The zero-order valence-electron chi connectivity index (χ0n) is 15.9. The number of hydrogen-bond donors (Lipinski definition) is 3. The van der Waals surface area contributed by atoms with E-state index in [0.29, 0.717) is 19.6 Å². The van der Waals surface area contributed by atoms with Crippen LogP contribution in [0.1, 0.15) is 28.9 Å². The Balaban J connectivity index is 1.68. The fraction of sp³-hybridized carbons (Fsp3) is 0.250. The van der Waals surface area contributed by atoms with Crippen molar-refractivity contribution in [2.75, 3.05) is 19.6 Å². The van der Waals surface area contributed by atoms with Gasteiger partial charge in [0, 0.05) is 19.6 Å². The lowest BCUT2D eigenvalue weighted by atomic mass is 10.1. The van der Waals surface area contributed by atoms with E-state index in [1.807, 2.05) is 72.8 Å². The number of phenols is 1. The molecule has 0 aliphatic heterocycles. The molecule has 0 aliphatic carbocycles. The van der Waals surface area contributed by atoms with Crippen LogP contribution in [0.15, 0.2) is 84.9 Å². The topological polar surface area (TPSA) is 63.9 Å². The summed E-state index contributed by atoms with van der Waals surface area (Å²) in [7, 11) is 0. The van der Waals surface area contributed by atoms with Crippen LogP contribution in [0.2, 0.25) is 0 Å². The number of aliphatic hydroxyl groups is 2. The van der Waals surface area contributed by atoms with Crippen molar-refractivity contribution in [3.8, 4) is 5.75 Å². The van der Waals surface area contributed by atoms with E-state index < -0.39 is 12.2 Å². The fourth-order valence-electron chi connectivity index (χ4n) is 3.26. The highest BCUT2D eigenvalue weighted by Crippen LogP contribution is 2.19. The molecule has 1 unspecified atom stereocenters. The molecular weight excluding hydrogens is 350 g/mol. The summed E-state index contributed by atoms with van der Waals surface area (Å²) < 4.78 is 0. The first-order valence-electron chi connectivity index (χ1n) is 9.58. The fourth-order valence-corrected chi connectivity index (χ4v) is 3.26. The predicted octanol–water partition coefficient (Wildman–Crippen LogP) is 3.70. The molecule has 0 saturated carbocycles. The van der Waals surface area contributed by atoms with Crippen molar-refractivity contribution >= 4 is 0 Å². The monoisotopic (exact) mass is 377 g/mol. The number of phenolic OH excluding ortho intramolecular Hbond substituents is 1. The molecule has 146 valence electrons. The van der Waals surface area contributed by atoms with Crippen LogP contribution in [0.4, 0.5) is 0 Å². The Morgan fingerprint density at radius 3 is 1.57 bits per heavy atom. The Morgan fingerprint density at radius 2 is 1.11 bits per heavy atom. The van der Waals surface area contributed by atoms with Crippen LogP contribution >= 0.6 is 0 Å². The molecule has 0 radical (unpaired) electrons. The number of aliphatic hydroxyl groups excluding tert-OH is 2. The van der Waals surface area contributed by atoms with E-state index in [0.717, 1.165) is 23.1 Å². The molecule has 4 nitrogen and oxygen atoms in total. The van der Waals surface area contributed by atoms with Crippen LogP contribution in [-0.4, -0.2) is 39.9 Å². The number of rotatable bonds is 9. The molecule has 0 aromatic heterocycles. The molecule has 3 N–H and O–H groups in total. The molecule has 0 bridgehead atoms. The zero-order valence-corrected chi connectivity index (χ0v) is 15.9. The first-order valence-corrected chi connectivity index (χ1v) is 9.58. The highest BCUT2D eigenvalue weighted by molar-refractivity contribution is 5.26. The lowest BCUT2D eigenvalue weighted by molar-refractivity contribution is 0.0694. The molecule has 3 aromatic rings. The second kappa shape index (κ2) is 10.0. The maximum Gasteiger partial charge on any atom is 0.115 e. The largest absolute Gasteiger partial charge is 0.508 e. The lowest BCUT2D eigenvalue weighted by Crippen LogP contribution is -2.34. The summed E-state index contributed by atoms with van der Waals surface area (Å²) in [5.41, 5.74) is 2.84. The Morgan fingerprint density at radius 1 is 0.643 bits per heavy atom. The molecule has 2 atom stereocenters. The number of nitrogens with zero attached hydrogens (tertiary/aromatic N) is 1. The molecule has 0 fully saturated rings. The van der Waals surface area contributed by atoms with E-state index >= 15 is 0 Å². The molecular formula is C24H27NO3. The van der Waals surface area contributed by atoms with Crippen molar-refractivity contribution in [3.63, 3.8) is 0 Å². The van der Waals surface area contributed by atoms with Gasteiger partial charge in [0.2, 0.25) is 0 Å². The summed E-state index contributed by atoms with van der Waals surface area (Å²) in [6, 6.07) is 26.3. The zero-order chi connectivity index (χ0) is 19.8. The van der Waals surface area contributed by atoms with Crippen molar-refractivity contribution in [2.45, 2.75) is 18.6 Å². The van der Waals surface area contributed by atoms with Gasteiger partial charge in [0.25, 0.3) is 0 Å². The molecule has 0 saturated heterocycles. The van der Waals surface area contributed by atoms with Crippen LogP contribution in [-0.2, 0) is 6.42 Å². The van der Waals surface area contributed by atoms with Gasteiger partial charge in [-0.3, -0.25) is 4.90 Å². The average molecular weight is 377 g/mol. The van der Waals surface area contributed by atoms with E-state index in [-0.39, 0.29) is 5.75 Å². The van der Waals surface area contributed by atoms with E-state index in [2.05, 4.69) is 4.90 Å². The highest BCUT2D eigenvalue weighted by Gasteiger charge is 2.18. The van der Waals surface area contributed by atoms with Gasteiger partial charge in [0.05, 0.1) is 12.2 Å². The Bertz CT molecular complexity index is 774. The lowest BCUT2D eigenvalue weighted by Gasteiger charge is -2.27. The van der Waals surface area contributed by atoms with Crippen LogP contribution in [0.25, 0.3) is 0 Å². The van der Waals surface area contributed by atoms with Gasteiger partial charge in [-0.2, -0.15) is 0 Å². The summed E-state index contributed by atoms with van der Waals surface area (Å²) in [5.74, 6) is 0.250. The summed E-state index contributed by atoms with van der Waals surface area (Å²) >= 11 is 0. The third-order valence-electron chi connectivity index (χ3n) is 4.88. The van der Waals surface area contributed by atoms with Gasteiger partial charge in [-0.15, -0.1) is 0 Å². The molecule has 4 heteroatoms. The van der Waals surface area contributed by atoms with Gasteiger partial charge >= 0.3 is 0 Å². The van der Waals surface area contributed by atoms with Crippen LogP contribution in [0.5, 0.6) is 5.75 Å². The van der Waals surface area contributed by atoms with Crippen molar-refractivity contribution in [1.29, 1.82) is 0 Å². The minimum Gasteiger partial charge on any atom is -0.508 e. The minimum absolute atomic E-state index is 0.250. The van der Waals surface area contributed by atoms with Crippen LogP contribution in [0.3, 0.4) is 0 Å². The Labute approximate surface area is 166 Å². The summed E-state index contributed by atoms with van der Waals surface area (Å²) in [5, 5.41) is 30.8. The maximum absolute atomic E-state index is 10.7. The smallest absolute Gasteiger partial charge is 0.115 e. The highest BCUT2D eigenvalue weighted by atomic mass is 16.3. The molecule has 0 spiro atoms. The predicted molar refractivity (Wildman–Crippen MR) is 111 cm³/mol. The molecule has 3 rings (SSSR count). The van der Waals surface area contributed by atoms with E-state index in [4.69, 9.17) is 0 Å². The normalized spacial score (nSPS) is 13.4. The number of aromatic hydroxyl groups is 1. The van der Waals surface area contributed by atoms with Gasteiger partial charge in [0.1, 0.15) is 5.75 Å². The average Bonchev–Trinajstić information content (AvgIpc) is 2.74. The van der Waals surface area contributed by atoms with Crippen molar-refractivity contribution in [1.82, 2.24) is 4.90 Å². The van der Waals surface area contributed by atoms with Gasteiger partial charge in [-0.25, -0.2) is 0 Å².